The molecule has 0 bridgehead atoms. The van der Waals surface area contributed by atoms with Crippen LogP contribution in [0.3, 0.4) is 0 Å². The van der Waals surface area contributed by atoms with Gasteiger partial charge in [-0.3, -0.25) is 9.78 Å². The number of hydrogen-bond acceptors (Lipinski definition) is 4. The highest BCUT2D eigenvalue weighted by atomic mass is 32.2. The van der Waals surface area contributed by atoms with Gasteiger partial charge in [0, 0.05) is 6.20 Å². The van der Waals surface area contributed by atoms with Crippen molar-refractivity contribution in [3.05, 3.63) is 72.6 Å². The summed E-state index contributed by atoms with van der Waals surface area (Å²) < 4.78 is 27.5. The largest absolute Gasteiger partial charge is 0.349 e. The summed E-state index contributed by atoms with van der Waals surface area (Å²) in [5.41, 5.74) is 0.699. The van der Waals surface area contributed by atoms with Crippen LogP contribution in [0.5, 0.6) is 0 Å². The van der Waals surface area contributed by atoms with E-state index in [1.165, 1.54) is 13.0 Å². The highest BCUT2D eigenvalue weighted by molar-refractivity contribution is 7.89. The molecule has 1 amide bonds. The van der Waals surface area contributed by atoms with Crippen molar-refractivity contribution >= 4 is 26.7 Å². The fourth-order valence-electron chi connectivity index (χ4n) is 2.52. The summed E-state index contributed by atoms with van der Waals surface area (Å²) in [6, 6.07) is 16.8. The summed E-state index contributed by atoms with van der Waals surface area (Å²) in [4.78, 5) is 16.4. The summed E-state index contributed by atoms with van der Waals surface area (Å²) >= 11 is 0. The molecule has 1 heterocycles. The van der Waals surface area contributed by atoms with Gasteiger partial charge in [0.2, 0.25) is 15.9 Å². The van der Waals surface area contributed by atoms with Crippen LogP contribution in [0.25, 0.3) is 10.8 Å². The number of benzene rings is 2. The van der Waals surface area contributed by atoms with Gasteiger partial charge in [-0.25, -0.2) is 8.42 Å². The quantitative estimate of drug-likeness (QED) is 0.697. The van der Waals surface area contributed by atoms with E-state index in [4.69, 9.17) is 0 Å². The van der Waals surface area contributed by atoms with Gasteiger partial charge in [-0.15, -0.1) is 0 Å². The SMILES string of the molecule is C[C@H](NS(=O)(=O)c1ccc2ccccc2c1)C(=O)NCc1ccccn1. The number of carbonyl (C=O) groups is 1. The smallest absolute Gasteiger partial charge is 0.241 e. The Hall–Kier alpha value is -2.77. The molecule has 2 N–H and O–H groups in total. The summed E-state index contributed by atoms with van der Waals surface area (Å²) in [6.45, 7) is 1.74. The molecule has 0 fully saturated rings. The number of amides is 1. The second-order valence-corrected chi connectivity index (χ2v) is 7.60. The van der Waals surface area contributed by atoms with E-state index in [0.717, 1.165) is 10.8 Å². The second-order valence-electron chi connectivity index (χ2n) is 5.89. The Bertz CT molecular complexity index is 1020. The van der Waals surface area contributed by atoms with Gasteiger partial charge in [0.1, 0.15) is 0 Å². The number of hydrogen-bond donors (Lipinski definition) is 2. The summed E-state index contributed by atoms with van der Waals surface area (Å²) in [6.07, 6.45) is 1.63. The zero-order chi connectivity index (χ0) is 18.6. The Labute approximate surface area is 152 Å². The van der Waals surface area contributed by atoms with Gasteiger partial charge in [0.15, 0.2) is 0 Å². The first-order valence-corrected chi connectivity index (χ1v) is 9.63. The van der Waals surface area contributed by atoms with Crippen LogP contribution in [0, 0.1) is 0 Å². The molecule has 0 unspecified atom stereocenters. The number of fused-ring (bicyclic) bond motifs is 1. The van der Waals surface area contributed by atoms with E-state index in [-0.39, 0.29) is 11.4 Å². The lowest BCUT2D eigenvalue weighted by Crippen LogP contribution is -2.44. The average Bonchev–Trinajstić information content (AvgIpc) is 2.66. The van der Waals surface area contributed by atoms with E-state index in [1.54, 1.807) is 30.5 Å². The van der Waals surface area contributed by atoms with Crippen LogP contribution in [0.4, 0.5) is 0 Å². The third-order valence-corrected chi connectivity index (χ3v) is 5.46. The Morgan fingerprint density at radius 3 is 2.50 bits per heavy atom. The third-order valence-electron chi connectivity index (χ3n) is 3.93. The molecule has 0 spiro atoms. The first kappa shape index (κ1) is 18.0. The van der Waals surface area contributed by atoms with E-state index < -0.39 is 22.0 Å². The molecule has 6 nitrogen and oxygen atoms in total. The van der Waals surface area contributed by atoms with Crippen molar-refractivity contribution in [1.29, 1.82) is 0 Å². The van der Waals surface area contributed by atoms with E-state index >= 15 is 0 Å². The predicted octanol–water partition coefficient (Wildman–Crippen LogP) is 2.22. The van der Waals surface area contributed by atoms with Crippen LogP contribution >= 0.6 is 0 Å². The van der Waals surface area contributed by atoms with Crippen LogP contribution in [-0.4, -0.2) is 25.4 Å². The van der Waals surface area contributed by atoms with Crippen LogP contribution in [0.1, 0.15) is 12.6 Å². The first-order valence-electron chi connectivity index (χ1n) is 8.14. The van der Waals surface area contributed by atoms with E-state index in [1.807, 2.05) is 30.3 Å². The molecule has 3 rings (SSSR count). The number of sulfonamides is 1. The highest BCUT2D eigenvalue weighted by Crippen LogP contribution is 2.19. The molecular formula is C19H19N3O3S. The van der Waals surface area contributed by atoms with Gasteiger partial charge in [0.05, 0.1) is 23.2 Å². The zero-order valence-corrected chi connectivity index (χ0v) is 15.0. The molecule has 7 heteroatoms. The van der Waals surface area contributed by atoms with Crippen molar-refractivity contribution in [3.63, 3.8) is 0 Å². The molecule has 1 aromatic heterocycles. The number of nitrogens with zero attached hydrogens (tertiary/aromatic N) is 1. The maximum Gasteiger partial charge on any atom is 0.241 e. The number of nitrogens with one attached hydrogen (secondary N) is 2. The van der Waals surface area contributed by atoms with Crippen molar-refractivity contribution in [2.24, 2.45) is 0 Å². The van der Waals surface area contributed by atoms with Gasteiger partial charge in [-0.1, -0.05) is 36.4 Å². The minimum atomic E-state index is -3.81. The minimum absolute atomic E-state index is 0.126. The average molecular weight is 369 g/mol. The standard InChI is InChI=1S/C19H19N3O3S/c1-14(19(23)21-13-17-8-4-5-11-20-17)22-26(24,25)18-10-9-15-6-2-3-7-16(15)12-18/h2-12,14,22H,13H2,1H3,(H,21,23)/t14-/m0/s1. The van der Waals surface area contributed by atoms with E-state index in [9.17, 15) is 13.2 Å². The van der Waals surface area contributed by atoms with Gasteiger partial charge < -0.3 is 5.32 Å². The van der Waals surface area contributed by atoms with E-state index in [2.05, 4.69) is 15.0 Å². The Kier molecular flexibility index (Phi) is 5.29. The molecule has 0 aliphatic carbocycles. The lowest BCUT2D eigenvalue weighted by Gasteiger charge is -2.14. The van der Waals surface area contributed by atoms with Gasteiger partial charge in [-0.05, 0) is 42.0 Å². The number of rotatable bonds is 6. The maximum absolute atomic E-state index is 12.6. The van der Waals surface area contributed by atoms with Crippen molar-refractivity contribution in [3.8, 4) is 0 Å². The molecule has 134 valence electrons. The molecule has 0 saturated heterocycles. The molecule has 3 aromatic rings. The molecule has 0 aliphatic heterocycles. The fourth-order valence-corrected chi connectivity index (χ4v) is 3.76. The lowest BCUT2D eigenvalue weighted by molar-refractivity contribution is -0.122. The molecular weight excluding hydrogens is 350 g/mol. The topological polar surface area (TPSA) is 88.2 Å². The monoisotopic (exact) mass is 369 g/mol. The van der Waals surface area contributed by atoms with Gasteiger partial charge >= 0.3 is 0 Å². The number of carbonyl (C=O) groups excluding carboxylic acids is 1. The fraction of sp³-hybridized carbons (Fsp3) is 0.158. The third kappa shape index (κ3) is 4.25. The first-order chi connectivity index (χ1) is 12.5. The molecule has 0 aliphatic rings. The molecule has 26 heavy (non-hydrogen) atoms. The maximum atomic E-state index is 12.6. The van der Waals surface area contributed by atoms with Crippen molar-refractivity contribution in [2.75, 3.05) is 0 Å². The van der Waals surface area contributed by atoms with Crippen molar-refractivity contribution in [2.45, 2.75) is 24.4 Å². The predicted molar refractivity (Wildman–Crippen MR) is 99.8 cm³/mol. The summed E-state index contributed by atoms with van der Waals surface area (Å²) in [7, 11) is -3.81. The summed E-state index contributed by atoms with van der Waals surface area (Å²) in [5.74, 6) is -0.417. The Balaban J connectivity index is 1.68. The summed E-state index contributed by atoms with van der Waals surface area (Å²) in [5, 5.41) is 4.45. The van der Waals surface area contributed by atoms with E-state index in [0.29, 0.717) is 5.69 Å². The van der Waals surface area contributed by atoms with Gasteiger partial charge in [-0.2, -0.15) is 4.72 Å². The minimum Gasteiger partial charge on any atom is -0.349 e. The zero-order valence-electron chi connectivity index (χ0n) is 14.2. The van der Waals surface area contributed by atoms with Crippen LogP contribution < -0.4 is 10.0 Å². The van der Waals surface area contributed by atoms with Crippen molar-refractivity contribution in [1.82, 2.24) is 15.0 Å². The highest BCUT2D eigenvalue weighted by Gasteiger charge is 2.22. The molecule has 0 saturated carbocycles. The lowest BCUT2D eigenvalue weighted by atomic mass is 10.1. The van der Waals surface area contributed by atoms with Gasteiger partial charge in [0.25, 0.3) is 0 Å². The number of aromatic nitrogens is 1. The Morgan fingerprint density at radius 1 is 1.04 bits per heavy atom. The normalized spacial score (nSPS) is 12.7. The van der Waals surface area contributed by atoms with Crippen LogP contribution in [0.2, 0.25) is 0 Å². The second kappa shape index (κ2) is 7.63. The number of pyridine rings is 1. The molecule has 1 atom stereocenters. The van der Waals surface area contributed by atoms with Crippen LogP contribution in [0.15, 0.2) is 71.8 Å². The Morgan fingerprint density at radius 2 is 1.77 bits per heavy atom. The molecule has 2 aromatic carbocycles. The van der Waals surface area contributed by atoms with Crippen molar-refractivity contribution < 1.29 is 13.2 Å². The van der Waals surface area contributed by atoms with Crippen LogP contribution in [-0.2, 0) is 21.4 Å². The molecule has 0 radical (unpaired) electrons.